The second-order valence-corrected chi connectivity index (χ2v) is 3.79. The van der Waals surface area contributed by atoms with Crippen LogP contribution in [0.15, 0.2) is 24.3 Å². The maximum Gasteiger partial charge on any atom is 0.125 e. The van der Waals surface area contributed by atoms with Crippen molar-refractivity contribution in [2.45, 2.75) is 6.42 Å². The Morgan fingerprint density at radius 2 is 2.14 bits per heavy atom. The van der Waals surface area contributed by atoms with Crippen LogP contribution in [-0.4, -0.2) is 13.1 Å². The highest BCUT2D eigenvalue weighted by Gasteiger charge is 2.07. The summed E-state index contributed by atoms with van der Waals surface area (Å²) in [5, 5.41) is 3.69. The Kier molecular flexibility index (Phi) is 2.85. The molecule has 1 heterocycles. The van der Waals surface area contributed by atoms with Gasteiger partial charge in [0, 0.05) is 11.6 Å². The van der Waals surface area contributed by atoms with E-state index < -0.39 is 0 Å². The molecule has 0 fully saturated rings. The minimum absolute atomic E-state index is 0.279. The Labute approximate surface area is 87.6 Å². The first-order chi connectivity index (χ1) is 6.75. The van der Waals surface area contributed by atoms with Crippen LogP contribution < -0.4 is 5.32 Å². The topological polar surface area (TPSA) is 12.0 Å². The van der Waals surface area contributed by atoms with E-state index in [1.54, 1.807) is 6.07 Å². The molecule has 0 amide bonds. The molecule has 0 aromatic heterocycles. The molecule has 14 heavy (non-hydrogen) atoms. The van der Waals surface area contributed by atoms with Gasteiger partial charge in [0.15, 0.2) is 0 Å². The lowest BCUT2D eigenvalue weighted by Crippen LogP contribution is -2.21. The quantitative estimate of drug-likeness (QED) is 0.753. The van der Waals surface area contributed by atoms with Gasteiger partial charge in [0.05, 0.1) is 0 Å². The third-order valence-corrected chi connectivity index (χ3v) is 2.48. The first kappa shape index (κ1) is 9.69. The van der Waals surface area contributed by atoms with Gasteiger partial charge in [-0.1, -0.05) is 17.7 Å². The fraction of sp³-hybridized carbons (Fsp3) is 0.273. The maximum atomic E-state index is 13.1. The molecule has 1 aliphatic rings. The van der Waals surface area contributed by atoms with E-state index in [0.29, 0.717) is 5.02 Å². The summed E-state index contributed by atoms with van der Waals surface area (Å²) >= 11 is 5.78. The molecule has 0 saturated carbocycles. The normalized spacial score (nSPS) is 16.6. The molecule has 0 saturated heterocycles. The number of nitrogens with one attached hydrogen (secondary N) is 1. The van der Waals surface area contributed by atoms with Gasteiger partial charge in [-0.05, 0) is 42.3 Å². The van der Waals surface area contributed by atoms with Crippen molar-refractivity contribution in [3.63, 3.8) is 0 Å². The number of benzene rings is 1. The van der Waals surface area contributed by atoms with Gasteiger partial charge < -0.3 is 5.32 Å². The minimum atomic E-state index is -0.279. The Morgan fingerprint density at radius 3 is 2.79 bits per heavy atom. The minimum Gasteiger partial charge on any atom is -0.312 e. The average Bonchev–Trinajstić information content (AvgIpc) is 2.18. The van der Waals surface area contributed by atoms with Crippen molar-refractivity contribution >= 4 is 17.2 Å². The predicted octanol–water partition coefficient (Wildman–Crippen LogP) is 2.86. The van der Waals surface area contributed by atoms with Gasteiger partial charge in [-0.25, -0.2) is 4.39 Å². The summed E-state index contributed by atoms with van der Waals surface area (Å²) < 4.78 is 13.1. The average molecular weight is 212 g/mol. The largest absolute Gasteiger partial charge is 0.312 e. The highest BCUT2D eigenvalue weighted by Crippen LogP contribution is 2.22. The van der Waals surface area contributed by atoms with Gasteiger partial charge in [-0.2, -0.15) is 0 Å². The zero-order valence-electron chi connectivity index (χ0n) is 7.69. The van der Waals surface area contributed by atoms with E-state index in [1.807, 2.05) is 0 Å². The third-order valence-electron chi connectivity index (χ3n) is 2.26. The van der Waals surface area contributed by atoms with Crippen LogP contribution in [0, 0.1) is 5.82 Å². The molecular weight excluding hydrogens is 201 g/mol. The highest BCUT2D eigenvalue weighted by molar-refractivity contribution is 6.30. The summed E-state index contributed by atoms with van der Waals surface area (Å²) in [5.41, 5.74) is 2.00. The van der Waals surface area contributed by atoms with Crippen LogP contribution in [0.25, 0.3) is 5.57 Å². The Hall–Kier alpha value is -0.860. The van der Waals surface area contributed by atoms with E-state index in [4.69, 9.17) is 11.6 Å². The van der Waals surface area contributed by atoms with Crippen LogP contribution in [0.3, 0.4) is 0 Å². The van der Waals surface area contributed by atoms with Crippen LogP contribution in [-0.2, 0) is 0 Å². The molecule has 2 rings (SSSR count). The first-order valence-electron chi connectivity index (χ1n) is 4.62. The van der Waals surface area contributed by atoms with Crippen molar-refractivity contribution in [1.82, 2.24) is 5.32 Å². The molecule has 1 aromatic rings. The second kappa shape index (κ2) is 4.11. The summed E-state index contributed by atoms with van der Waals surface area (Å²) in [5.74, 6) is -0.279. The molecular formula is C11H11ClFN. The molecule has 0 radical (unpaired) electrons. The van der Waals surface area contributed by atoms with Gasteiger partial charge >= 0.3 is 0 Å². The van der Waals surface area contributed by atoms with Crippen LogP contribution in [0.2, 0.25) is 5.02 Å². The molecule has 1 aliphatic heterocycles. The summed E-state index contributed by atoms with van der Waals surface area (Å²) in [7, 11) is 0. The van der Waals surface area contributed by atoms with Crippen molar-refractivity contribution in [1.29, 1.82) is 0 Å². The first-order valence-corrected chi connectivity index (χ1v) is 5.00. The van der Waals surface area contributed by atoms with E-state index in [1.165, 1.54) is 12.1 Å². The lowest BCUT2D eigenvalue weighted by molar-refractivity contribution is 0.627. The van der Waals surface area contributed by atoms with Crippen molar-refractivity contribution in [2.75, 3.05) is 13.1 Å². The lowest BCUT2D eigenvalue weighted by Gasteiger charge is -2.14. The number of hydrogen-bond donors (Lipinski definition) is 1. The lowest BCUT2D eigenvalue weighted by atomic mass is 10.0. The van der Waals surface area contributed by atoms with Crippen molar-refractivity contribution < 1.29 is 4.39 Å². The summed E-state index contributed by atoms with van der Waals surface area (Å²) in [4.78, 5) is 0. The smallest absolute Gasteiger partial charge is 0.125 e. The van der Waals surface area contributed by atoms with E-state index in [9.17, 15) is 4.39 Å². The molecule has 1 N–H and O–H groups in total. The Morgan fingerprint density at radius 1 is 1.29 bits per heavy atom. The van der Waals surface area contributed by atoms with Gasteiger partial charge in [-0.15, -0.1) is 0 Å². The number of hydrogen-bond acceptors (Lipinski definition) is 1. The molecule has 0 bridgehead atoms. The Bertz CT molecular complexity index is 353. The monoisotopic (exact) mass is 211 g/mol. The second-order valence-electron chi connectivity index (χ2n) is 3.35. The molecule has 0 atom stereocenters. The van der Waals surface area contributed by atoms with E-state index in [0.717, 1.165) is 30.6 Å². The maximum absolute atomic E-state index is 13.1. The fourth-order valence-corrected chi connectivity index (χ4v) is 1.82. The summed E-state index contributed by atoms with van der Waals surface area (Å²) in [6.07, 6.45) is 3.12. The molecule has 3 heteroatoms. The summed E-state index contributed by atoms with van der Waals surface area (Å²) in [6.45, 7) is 1.78. The predicted molar refractivity (Wildman–Crippen MR) is 56.9 cm³/mol. The molecule has 1 aromatic carbocycles. The van der Waals surface area contributed by atoms with Crippen LogP contribution in [0.4, 0.5) is 4.39 Å². The van der Waals surface area contributed by atoms with Crippen molar-refractivity contribution in [2.24, 2.45) is 0 Å². The zero-order chi connectivity index (χ0) is 9.97. The standard InChI is InChI=1S/C11H11ClFN/c12-10-4-9(5-11(13)6-10)8-2-1-3-14-7-8/h2,4-6,14H,1,3,7H2. The molecule has 74 valence electrons. The fourth-order valence-electron chi connectivity index (χ4n) is 1.60. The Balaban J connectivity index is 2.35. The van der Waals surface area contributed by atoms with E-state index in [2.05, 4.69) is 11.4 Å². The number of rotatable bonds is 1. The van der Waals surface area contributed by atoms with E-state index >= 15 is 0 Å². The van der Waals surface area contributed by atoms with Crippen LogP contribution in [0.5, 0.6) is 0 Å². The van der Waals surface area contributed by atoms with E-state index in [-0.39, 0.29) is 5.82 Å². The highest BCUT2D eigenvalue weighted by atomic mass is 35.5. The SMILES string of the molecule is Fc1cc(Cl)cc(C2=CCCNC2)c1. The van der Waals surface area contributed by atoms with Crippen molar-refractivity contribution in [3.8, 4) is 0 Å². The molecule has 0 unspecified atom stereocenters. The molecule has 0 aliphatic carbocycles. The summed E-state index contributed by atoms with van der Waals surface area (Å²) in [6, 6.07) is 4.63. The van der Waals surface area contributed by atoms with Crippen LogP contribution >= 0.6 is 11.6 Å². The molecule has 0 spiro atoms. The van der Waals surface area contributed by atoms with Gasteiger partial charge in [-0.3, -0.25) is 0 Å². The van der Waals surface area contributed by atoms with Gasteiger partial charge in [0.1, 0.15) is 5.82 Å². The van der Waals surface area contributed by atoms with Crippen LogP contribution in [0.1, 0.15) is 12.0 Å². The van der Waals surface area contributed by atoms with Gasteiger partial charge in [0.2, 0.25) is 0 Å². The zero-order valence-corrected chi connectivity index (χ0v) is 8.44. The van der Waals surface area contributed by atoms with Gasteiger partial charge in [0.25, 0.3) is 0 Å². The third kappa shape index (κ3) is 2.14. The number of halogens is 2. The van der Waals surface area contributed by atoms with Crippen molar-refractivity contribution in [3.05, 3.63) is 40.7 Å². The molecule has 1 nitrogen and oxygen atoms in total.